The van der Waals surface area contributed by atoms with Crippen molar-refractivity contribution in [2.24, 2.45) is 0 Å². The molecule has 3 nitrogen and oxygen atoms in total. The monoisotopic (exact) mass is 314 g/mol. The molecule has 1 amide bonds. The lowest BCUT2D eigenvalue weighted by Gasteiger charge is -2.38. The average Bonchev–Trinajstić information content (AvgIpc) is 2.31. The highest BCUT2D eigenvalue weighted by Gasteiger charge is 2.35. The van der Waals surface area contributed by atoms with E-state index in [1.54, 1.807) is 11.0 Å². The molecular formula is C13H16BrFN2O. The fourth-order valence-corrected chi connectivity index (χ4v) is 2.49. The molecule has 5 heteroatoms. The van der Waals surface area contributed by atoms with Crippen molar-refractivity contribution in [1.29, 1.82) is 0 Å². The average molecular weight is 315 g/mol. The van der Waals surface area contributed by atoms with Gasteiger partial charge in [-0.25, -0.2) is 4.39 Å². The van der Waals surface area contributed by atoms with Gasteiger partial charge in [-0.2, -0.15) is 0 Å². The summed E-state index contributed by atoms with van der Waals surface area (Å²) in [7, 11) is 0. The first-order chi connectivity index (χ1) is 8.42. The second-order valence-electron chi connectivity index (χ2n) is 4.99. The summed E-state index contributed by atoms with van der Waals surface area (Å²) < 4.78 is 13.9. The van der Waals surface area contributed by atoms with Gasteiger partial charge in [-0.15, -0.1) is 0 Å². The Morgan fingerprint density at radius 1 is 1.50 bits per heavy atom. The molecule has 1 aliphatic heterocycles. The number of benzene rings is 1. The standard InChI is InChI=1S/C13H16BrFN2O/c1-13(2)12(18)17(7-6-16-13)8-9-4-3-5-10(15)11(9)14/h3-5,16H,6-8H2,1-2H3. The first-order valence-corrected chi connectivity index (χ1v) is 6.68. The first-order valence-electron chi connectivity index (χ1n) is 5.89. The van der Waals surface area contributed by atoms with Crippen molar-refractivity contribution in [1.82, 2.24) is 10.2 Å². The molecule has 1 aromatic carbocycles. The van der Waals surface area contributed by atoms with Gasteiger partial charge in [0.1, 0.15) is 5.82 Å². The topological polar surface area (TPSA) is 32.3 Å². The molecule has 1 saturated heterocycles. The lowest BCUT2D eigenvalue weighted by Crippen LogP contribution is -2.60. The second kappa shape index (κ2) is 4.97. The third-order valence-corrected chi connectivity index (χ3v) is 4.05. The number of hydrogen-bond donors (Lipinski definition) is 1. The first kappa shape index (κ1) is 13.5. The molecule has 0 saturated carbocycles. The summed E-state index contributed by atoms with van der Waals surface area (Å²) in [6, 6.07) is 4.89. The van der Waals surface area contributed by atoms with Gasteiger partial charge in [0.2, 0.25) is 5.91 Å². The maximum Gasteiger partial charge on any atom is 0.242 e. The normalized spacial score (nSPS) is 19.1. The molecule has 0 spiro atoms. The van der Waals surface area contributed by atoms with E-state index in [1.165, 1.54) is 6.07 Å². The predicted octanol–water partition coefficient (Wildman–Crippen LogP) is 2.30. The molecule has 98 valence electrons. The van der Waals surface area contributed by atoms with E-state index in [9.17, 15) is 9.18 Å². The molecule has 1 N–H and O–H groups in total. The van der Waals surface area contributed by atoms with E-state index in [2.05, 4.69) is 21.2 Å². The number of carbonyl (C=O) groups excluding carboxylic acids is 1. The predicted molar refractivity (Wildman–Crippen MR) is 71.6 cm³/mol. The van der Waals surface area contributed by atoms with Gasteiger partial charge < -0.3 is 10.2 Å². The van der Waals surface area contributed by atoms with Crippen molar-refractivity contribution in [3.05, 3.63) is 34.1 Å². The number of hydrogen-bond acceptors (Lipinski definition) is 2. The quantitative estimate of drug-likeness (QED) is 0.908. The summed E-state index contributed by atoms with van der Waals surface area (Å²) in [6.45, 7) is 5.56. The zero-order chi connectivity index (χ0) is 13.3. The number of piperazine rings is 1. The van der Waals surface area contributed by atoms with Crippen LogP contribution in [-0.2, 0) is 11.3 Å². The number of rotatable bonds is 2. The maximum atomic E-state index is 13.4. The van der Waals surface area contributed by atoms with Gasteiger partial charge in [-0.05, 0) is 41.4 Å². The number of carbonyl (C=O) groups is 1. The molecule has 0 aromatic heterocycles. The van der Waals surface area contributed by atoms with Gasteiger partial charge in [0, 0.05) is 19.6 Å². The molecule has 1 fully saturated rings. The van der Waals surface area contributed by atoms with Crippen molar-refractivity contribution < 1.29 is 9.18 Å². The van der Waals surface area contributed by atoms with Crippen LogP contribution in [0.1, 0.15) is 19.4 Å². The SMILES string of the molecule is CC1(C)NCCN(Cc2cccc(F)c2Br)C1=O. The van der Waals surface area contributed by atoms with Gasteiger partial charge in [-0.1, -0.05) is 12.1 Å². The smallest absolute Gasteiger partial charge is 0.242 e. The van der Waals surface area contributed by atoms with E-state index >= 15 is 0 Å². The summed E-state index contributed by atoms with van der Waals surface area (Å²) in [6.07, 6.45) is 0. The molecule has 1 aromatic rings. The minimum absolute atomic E-state index is 0.0462. The Balaban J connectivity index is 2.19. The molecule has 18 heavy (non-hydrogen) atoms. The maximum absolute atomic E-state index is 13.4. The molecule has 2 rings (SSSR count). The van der Waals surface area contributed by atoms with E-state index in [1.807, 2.05) is 19.9 Å². The van der Waals surface area contributed by atoms with Crippen molar-refractivity contribution in [2.75, 3.05) is 13.1 Å². The van der Waals surface area contributed by atoms with Crippen LogP contribution in [0.2, 0.25) is 0 Å². The minimum atomic E-state index is -0.544. The molecule has 0 radical (unpaired) electrons. The van der Waals surface area contributed by atoms with E-state index in [-0.39, 0.29) is 11.7 Å². The number of nitrogens with one attached hydrogen (secondary N) is 1. The van der Waals surface area contributed by atoms with Crippen molar-refractivity contribution >= 4 is 21.8 Å². The fourth-order valence-electron chi connectivity index (χ4n) is 2.10. The highest BCUT2D eigenvalue weighted by molar-refractivity contribution is 9.10. The molecular weight excluding hydrogens is 299 g/mol. The molecule has 0 unspecified atom stereocenters. The highest BCUT2D eigenvalue weighted by atomic mass is 79.9. The van der Waals surface area contributed by atoms with Crippen LogP contribution in [0, 0.1) is 5.82 Å². The number of halogens is 2. The lowest BCUT2D eigenvalue weighted by molar-refractivity contribution is -0.140. The Bertz CT molecular complexity index is 476. The number of nitrogens with zero attached hydrogens (tertiary/aromatic N) is 1. The summed E-state index contributed by atoms with van der Waals surface area (Å²) in [5.41, 5.74) is 0.249. The van der Waals surface area contributed by atoms with Gasteiger partial charge in [0.25, 0.3) is 0 Å². The van der Waals surface area contributed by atoms with E-state index < -0.39 is 5.54 Å². The van der Waals surface area contributed by atoms with Gasteiger partial charge in [-0.3, -0.25) is 4.79 Å². The summed E-state index contributed by atoms with van der Waals surface area (Å²) in [4.78, 5) is 14.0. The molecule has 0 atom stereocenters. The van der Waals surface area contributed by atoms with Crippen LogP contribution < -0.4 is 5.32 Å². The molecule has 1 aliphatic rings. The lowest BCUT2D eigenvalue weighted by atomic mass is 10.0. The Kier molecular flexibility index (Phi) is 3.73. The van der Waals surface area contributed by atoms with E-state index in [0.717, 1.165) is 12.1 Å². The molecule has 0 bridgehead atoms. The van der Waals surface area contributed by atoms with E-state index in [0.29, 0.717) is 17.6 Å². The van der Waals surface area contributed by atoms with Gasteiger partial charge in [0.05, 0.1) is 10.0 Å². The van der Waals surface area contributed by atoms with Gasteiger partial charge >= 0.3 is 0 Å². The van der Waals surface area contributed by atoms with Crippen molar-refractivity contribution in [3.8, 4) is 0 Å². The second-order valence-corrected chi connectivity index (χ2v) is 5.78. The summed E-state index contributed by atoms with van der Waals surface area (Å²) in [5.74, 6) is -0.251. The zero-order valence-electron chi connectivity index (χ0n) is 10.5. The highest BCUT2D eigenvalue weighted by Crippen LogP contribution is 2.23. The Morgan fingerprint density at radius 3 is 2.94 bits per heavy atom. The third kappa shape index (κ3) is 2.57. The third-order valence-electron chi connectivity index (χ3n) is 3.16. The van der Waals surface area contributed by atoms with Crippen LogP contribution in [-0.4, -0.2) is 29.4 Å². The minimum Gasteiger partial charge on any atom is -0.335 e. The van der Waals surface area contributed by atoms with Crippen LogP contribution in [0.15, 0.2) is 22.7 Å². The number of amides is 1. The van der Waals surface area contributed by atoms with Crippen LogP contribution >= 0.6 is 15.9 Å². The largest absolute Gasteiger partial charge is 0.335 e. The van der Waals surface area contributed by atoms with Gasteiger partial charge in [0.15, 0.2) is 0 Å². The Morgan fingerprint density at radius 2 is 2.22 bits per heavy atom. The molecule has 0 aliphatic carbocycles. The van der Waals surface area contributed by atoms with Crippen LogP contribution in [0.5, 0.6) is 0 Å². The summed E-state index contributed by atoms with van der Waals surface area (Å²) >= 11 is 3.23. The molecule has 1 heterocycles. The Hall–Kier alpha value is -0.940. The van der Waals surface area contributed by atoms with E-state index in [4.69, 9.17) is 0 Å². The van der Waals surface area contributed by atoms with Crippen LogP contribution in [0.3, 0.4) is 0 Å². The zero-order valence-corrected chi connectivity index (χ0v) is 12.1. The summed E-state index contributed by atoms with van der Waals surface area (Å²) in [5, 5.41) is 3.17. The van der Waals surface area contributed by atoms with Crippen LogP contribution in [0.25, 0.3) is 0 Å². The van der Waals surface area contributed by atoms with Crippen LogP contribution in [0.4, 0.5) is 4.39 Å². The van der Waals surface area contributed by atoms with Crippen molar-refractivity contribution in [3.63, 3.8) is 0 Å². The Labute approximate surface area is 114 Å². The van der Waals surface area contributed by atoms with Crippen molar-refractivity contribution in [2.45, 2.75) is 25.9 Å². The fraction of sp³-hybridized carbons (Fsp3) is 0.462.